The van der Waals surface area contributed by atoms with Crippen LogP contribution in [0, 0.1) is 0 Å². The van der Waals surface area contributed by atoms with E-state index in [9.17, 15) is 0 Å². The van der Waals surface area contributed by atoms with Gasteiger partial charge in [-0.05, 0) is 41.1 Å². The van der Waals surface area contributed by atoms with Gasteiger partial charge in [-0.25, -0.2) is 0 Å². The van der Waals surface area contributed by atoms with E-state index in [1.807, 2.05) is 36.7 Å². The molecule has 1 aromatic heterocycles. The third kappa shape index (κ3) is 2.88. The van der Waals surface area contributed by atoms with Crippen molar-refractivity contribution in [3.05, 3.63) is 72.1 Å². The first-order chi connectivity index (χ1) is 10.3. The molecule has 106 valence electrons. The van der Waals surface area contributed by atoms with Crippen LogP contribution in [-0.2, 0) is 6.42 Å². The van der Waals surface area contributed by atoms with E-state index >= 15 is 0 Å². The molecule has 21 heavy (non-hydrogen) atoms. The number of benzene rings is 2. The summed E-state index contributed by atoms with van der Waals surface area (Å²) < 4.78 is 5.18. The molecule has 2 N–H and O–H groups in total. The lowest BCUT2D eigenvalue weighted by atomic mass is 9.95. The molecule has 1 heterocycles. The van der Waals surface area contributed by atoms with Gasteiger partial charge in [0.05, 0.1) is 7.11 Å². The van der Waals surface area contributed by atoms with Crippen LogP contribution in [0.3, 0.4) is 0 Å². The maximum atomic E-state index is 6.41. The molecule has 1 atom stereocenters. The third-order valence-corrected chi connectivity index (χ3v) is 3.73. The highest BCUT2D eigenvalue weighted by Crippen LogP contribution is 2.25. The molecule has 0 spiro atoms. The number of hydrogen-bond donors (Lipinski definition) is 1. The van der Waals surface area contributed by atoms with Crippen LogP contribution in [0.5, 0.6) is 5.75 Å². The van der Waals surface area contributed by atoms with Gasteiger partial charge in [0, 0.05) is 23.8 Å². The smallest absolute Gasteiger partial charge is 0.118 e. The second kappa shape index (κ2) is 5.94. The largest absolute Gasteiger partial charge is 0.497 e. The van der Waals surface area contributed by atoms with Crippen LogP contribution in [0.4, 0.5) is 0 Å². The fourth-order valence-electron chi connectivity index (χ4n) is 2.60. The second-order valence-corrected chi connectivity index (χ2v) is 5.10. The number of aromatic nitrogens is 1. The van der Waals surface area contributed by atoms with E-state index in [1.165, 1.54) is 10.9 Å². The molecule has 0 aliphatic heterocycles. The Morgan fingerprint density at radius 2 is 1.90 bits per heavy atom. The zero-order valence-corrected chi connectivity index (χ0v) is 12.0. The average molecular weight is 278 g/mol. The molecule has 3 nitrogen and oxygen atoms in total. The summed E-state index contributed by atoms with van der Waals surface area (Å²) >= 11 is 0. The van der Waals surface area contributed by atoms with Crippen molar-refractivity contribution in [1.82, 2.24) is 4.98 Å². The van der Waals surface area contributed by atoms with Crippen LogP contribution in [0.25, 0.3) is 10.8 Å². The van der Waals surface area contributed by atoms with Crippen molar-refractivity contribution in [2.24, 2.45) is 5.73 Å². The number of pyridine rings is 1. The maximum absolute atomic E-state index is 6.41. The van der Waals surface area contributed by atoms with Gasteiger partial charge in [-0.3, -0.25) is 4.98 Å². The number of methoxy groups -OCH3 is 1. The zero-order chi connectivity index (χ0) is 14.7. The molecule has 0 aliphatic rings. The molecule has 1 unspecified atom stereocenters. The highest BCUT2D eigenvalue weighted by molar-refractivity contribution is 5.85. The molecule has 2 aromatic carbocycles. The van der Waals surface area contributed by atoms with Crippen LogP contribution in [0.2, 0.25) is 0 Å². The molecule has 3 aromatic rings. The van der Waals surface area contributed by atoms with E-state index in [2.05, 4.69) is 29.2 Å². The van der Waals surface area contributed by atoms with Gasteiger partial charge in [0.25, 0.3) is 0 Å². The zero-order valence-electron chi connectivity index (χ0n) is 12.0. The molecule has 0 fully saturated rings. The molecule has 0 saturated carbocycles. The van der Waals surface area contributed by atoms with Crippen LogP contribution in [0.1, 0.15) is 17.2 Å². The Bertz CT molecular complexity index is 732. The Balaban J connectivity index is 1.88. The van der Waals surface area contributed by atoms with Crippen molar-refractivity contribution in [2.45, 2.75) is 12.5 Å². The molecule has 3 heteroatoms. The van der Waals surface area contributed by atoms with Crippen molar-refractivity contribution < 1.29 is 4.74 Å². The number of nitrogens with zero attached hydrogens (tertiary/aromatic N) is 1. The second-order valence-electron chi connectivity index (χ2n) is 5.10. The summed E-state index contributed by atoms with van der Waals surface area (Å²) in [7, 11) is 1.67. The van der Waals surface area contributed by atoms with E-state index in [0.717, 1.165) is 23.1 Å². The summed E-state index contributed by atoms with van der Waals surface area (Å²) in [6, 6.07) is 16.2. The molecular formula is C18H18N2O. The summed E-state index contributed by atoms with van der Waals surface area (Å²) in [5, 5.41) is 2.30. The monoisotopic (exact) mass is 278 g/mol. The van der Waals surface area contributed by atoms with E-state index in [-0.39, 0.29) is 6.04 Å². The predicted octanol–water partition coefficient (Wildman–Crippen LogP) is 3.49. The maximum Gasteiger partial charge on any atom is 0.118 e. The van der Waals surface area contributed by atoms with Crippen molar-refractivity contribution in [3.63, 3.8) is 0 Å². The van der Waals surface area contributed by atoms with Crippen molar-refractivity contribution >= 4 is 10.8 Å². The minimum Gasteiger partial charge on any atom is -0.497 e. The normalized spacial score (nSPS) is 12.3. The number of fused-ring (bicyclic) bond motifs is 1. The van der Waals surface area contributed by atoms with E-state index in [1.54, 1.807) is 7.11 Å². The Kier molecular flexibility index (Phi) is 3.84. The highest BCUT2D eigenvalue weighted by Gasteiger charge is 2.10. The molecule has 3 rings (SSSR count). The van der Waals surface area contributed by atoms with Crippen LogP contribution >= 0.6 is 0 Å². The molecular weight excluding hydrogens is 260 g/mol. The fraction of sp³-hybridized carbons (Fsp3) is 0.167. The van der Waals surface area contributed by atoms with Gasteiger partial charge in [0.15, 0.2) is 0 Å². The Morgan fingerprint density at radius 1 is 1.10 bits per heavy atom. The first-order valence-corrected chi connectivity index (χ1v) is 6.99. The highest BCUT2D eigenvalue weighted by atomic mass is 16.5. The summed E-state index contributed by atoms with van der Waals surface area (Å²) in [6.07, 6.45) is 4.48. The SMILES string of the molecule is COc1ccc(CC(N)c2cccc3cnccc23)cc1. The quantitative estimate of drug-likeness (QED) is 0.794. The van der Waals surface area contributed by atoms with Crippen LogP contribution in [-0.4, -0.2) is 12.1 Å². The third-order valence-electron chi connectivity index (χ3n) is 3.73. The number of ether oxygens (including phenoxy) is 1. The van der Waals surface area contributed by atoms with Gasteiger partial charge in [-0.1, -0.05) is 30.3 Å². The minimum atomic E-state index is -0.0375. The molecule has 0 aliphatic carbocycles. The van der Waals surface area contributed by atoms with Gasteiger partial charge < -0.3 is 10.5 Å². The Labute approximate surface area is 124 Å². The van der Waals surface area contributed by atoms with Crippen molar-refractivity contribution in [1.29, 1.82) is 0 Å². The fourth-order valence-corrected chi connectivity index (χ4v) is 2.60. The molecule has 0 radical (unpaired) electrons. The van der Waals surface area contributed by atoms with E-state index < -0.39 is 0 Å². The topological polar surface area (TPSA) is 48.1 Å². The first-order valence-electron chi connectivity index (χ1n) is 6.99. The number of nitrogens with two attached hydrogens (primary N) is 1. The van der Waals surface area contributed by atoms with E-state index in [4.69, 9.17) is 10.5 Å². The van der Waals surface area contributed by atoms with Crippen LogP contribution in [0.15, 0.2) is 60.9 Å². The summed E-state index contributed by atoms with van der Waals surface area (Å²) in [5.41, 5.74) is 8.77. The van der Waals surface area contributed by atoms with Gasteiger partial charge in [0.1, 0.15) is 5.75 Å². The predicted molar refractivity (Wildman–Crippen MR) is 85.4 cm³/mol. The van der Waals surface area contributed by atoms with Gasteiger partial charge in [-0.15, -0.1) is 0 Å². The lowest BCUT2D eigenvalue weighted by Crippen LogP contribution is -2.13. The molecule has 0 saturated heterocycles. The molecule has 0 bridgehead atoms. The lowest BCUT2D eigenvalue weighted by Gasteiger charge is -2.15. The number of hydrogen-bond acceptors (Lipinski definition) is 3. The van der Waals surface area contributed by atoms with Gasteiger partial charge in [-0.2, -0.15) is 0 Å². The summed E-state index contributed by atoms with van der Waals surface area (Å²) in [4.78, 5) is 4.16. The van der Waals surface area contributed by atoms with Gasteiger partial charge in [0.2, 0.25) is 0 Å². The van der Waals surface area contributed by atoms with Gasteiger partial charge >= 0.3 is 0 Å². The standard InChI is InChI=1S/C18H18N2O/c1-21-15-7-5-13(6-8-15)11-18(19)17-4-2-3-14-12-20-10-9-16(14)17/h2-10,12,18H,11,19H2,1H3. The van der Waals surface area contributed by atoms with Crippen LogP contribution < -0.4 is 10.5 Å². The lowest BCUT2D eigenvalue weighted by molar-refractivity contribution is 0.414. The summed E-state index contributed by atoms with van der Waals surface area (Å²) in [5.74, 6) is 0.864. The molecule has 0 amide bonds. The summed E-state index contributed by atoms with van der Waals surface area (Å²) in [6.45, 7) is 0. The van der Waals surface area contributed by atoms with Crippen molar-refractivity contribution in [2.75, 3.05) is 7.11 Å². The van der Waals surface area contributed by atoms with E-state index in [0.29, 0.717) is 0 Å². The minimum absolute atomic E-state index is 0.0375. The first kappa shape index (κ1) is 13.6. The Hall–Kier alpha value is -2.39. The van der Waals surface area contributed by atoms with Crippen molar-refractivity contribution in [3.8, 4) is 5.75 Å². The Morgan fingerprint density at radius 3 is 2.67 bits per heavy atom. The number of rotatable bonds is 4. The average Bonchev–Trinajstić information content (AvgIpc) is 2.55.